The average Bonchev–Trinajstić information content (AvgIpc) is 2.94. The molecule has 154 valence electrons. The number of amides is 1. The average molecular weight is 436 g/mol. The number of carbonyl (C=O) groups excluding carboxylic acids is 1. The third-order valence-electron chi connectivity index (χ3n) is 4.48. The molecule has 1 heterocycles. The Labute approximate surface area is 172 Å². The quantitative estimate of drug-likeness (QED) is 0.641. The summed E-state index contributed by atoms with van der Waals surface area (Å²) in [5.74, 6) is 0.0864. The molecule has 0 fully saturated rings. The third-order valence-corrected chi connectivity index (χ3v) is 6.71. The molecular weight excluding hydrogens is 414 g/mol. The van der Waals surface area contributed by atoms with Crippen LogP contribution in [0.2, 0.25) is 0 Å². The van der Waals surface area contributed by atoms with Gasteiger partial charge in [-0.15, -0.1) is 0 Å². The first-order chi connectivity index (χ1) is 13.6. The van der Waals surface area contributed by atoms with Gasteiger partial charge in [0.25, 0.3) is 0 Å². The van der Waals surface area contributed by atoms with Crippen molar-refractivity contribution in [3.05, 3.63) is 52.1 Å². The Morgan fingerprint density at radius 1 is 1.21 bits per heavy atom. The number of hydrogen-bond acceptors (Lipinski definition) is 6. The molecule has 8 nitrogen and oxygen atoms in total. The Kier molecular flexibility index (Phi) is 5.67. The molecule has 1 amide bonds. The highest BCUT2D eigenvalue weighted by atomic mass is 32.2. The molecular formula is C19H21N3O5S2. The van der Waals surface area contributed by atoms with E-state index in [0.717, 1.165) is 32.1 Å². The zero-order valence-corrected chi connectivity index (χ0v) is 18.0. The Hall–Kier alpha value is -2.85. The van der Waals surface area contributed by atoms with Gasteiger partial charge in [-0.25, -0.2) is 8.42 Å². The van der Waals surface area contributed by atoms with Gasteiger partial charge in [0.15, 0.2) is 0 Å². The molecule has 1 aromatic heterocycles. The fourth-order valence-corrected chi connectivity index (χ4v) is 5.09. The smallest absolute Gasteiger partial charge is 0.307 e. The van der Waals surface area contributed by atoms with Gasteiger partial charge in [0.05, 0.1) is 29.3 Å². The molecule has 0 spiro atoms. The van der Waals surface area contributed by atoms with E-state index < -0.39 is 22.0 Å². The van der Waals surface area contributed by atoms with Crippen LogP contribution < -0.4 is 19.2 Å². The van der Waals surface area contributed by atoms with E-state index in [1.54, 1.807) is 49.5 Å². The molecule has 0 radical (unpaired) electrons. The van der Waals surface area contributed by atoms with Crippen LogP contribution >= 0.6 is 11.3 Å². The number of fused-ring (bicyclic) bond motifs is 1. The molecule has 0 saturated heterocycles. The second kappa shape index (κ2) is 7.88. The predicted octanol–water partition coefficient (Wildman–Crippen LogP) is 2.40. The number of rotatable bonds is 6. The molecule has 0 bridgehead atoms. The second-order valence-electron chi connectivity index (χ2n) is 6.53. The number of carbonyl (C=O) groups is 1. The van der Waals surface area contributed by atoms with E-state index in [-0.39, 0.29) is 4.87 Å². The Morgan fingerprint density at radius 2 is 1.86 bits per heavy atom. The summed E-state index contributed by atoms with van der Waals surface area (Å²) in [6.07, 6.45) is 1.05. The summed E-state index contributed by atoms with van der Waals surface area (Å²) in [7, 11) is -0.528. The highest BCUT2D eigenvalue weighted by Gasteiger charge is 2.29. The first kappa shape index (κ1) is 20.9. The van der Waals surface area contributed by atoms with Crippen molar-refractivity contribution in [2.24, 2.45) is 7.05 Å². The van der Waals surface area contributed by atoms with Crippen LogP contribution in [0.5, 0.6) is 5.75 Å². The van der Waals surface area contributed by atoms with Crippen molar-refractivity contribution in [2.75, 3.05) is 23.0 Å². The highest BCUT2D eigenvalue weighted by molar-refractivity contribution is 7.92. The van der Waals surface area contributed by atoms with Gasteiger partial charge in [-0.2, -0.15) is 0 Å². The number of ether oxygens (including phenoxy) is 1. The van der Waals surface area contributed by atoms with Crippen molar-refractivity contribution in [1.29, 1.82) is 0 Å². The monoisotopic (exact) mass is 435 g/mol. The summed E-state index contributed by atoms with van der Waals surface area (Å²) >= 11 is 1.08. The first-order valence-corrected chi connectivity index (χ1v) is 11.3. The number of anilines is 2. The lowest BCUT2D eigenvalue weighted by Crippen LogP contribution is -2.45. The highest BCUT2D eigenvalue weighted by Crippen LogP contribution is 2.25. The summed E-state index contributed by atoms with van der Waals surface area (Å²) < 4.78 is 33.2. The maximum atomic E-state index is 12.8. The van der Waals surface area contributed by atoms with Gasteiger partial charge < -0.3 is 14.6 Å². The first-order valence-electron chi connectivity index (χ1n) is 8.65. The molecule has 0 aliphatic heterocycles. The largest absolute Gasteiger partial charge is 0.497 e. The molecule has 0 unspecified atom stereocenters. The van der Waals surface area contributed by atoms with E-state index in [1.807, 2.05) is 0 Å². The van der Waals surface area contributed by atoms with E-state index in [1.165, 1.54) is 18.6 Å². The lowest BCUT2D eigenvalue weighted by molar-refractivity contribution is -0.116. The SMILES string of the molecule is COc1ccc(N([C@@H](C)C(=O)Nc2ccc3c(c2)sc(=O)n3C)S(C)(=O)=O)cc1. The van der Waals surface area contributed by atoms with E-state index in [4.69, 9.17) is 4.74 Å². The third kappa shape index (κ3) is 4.28. The molecule has 10 heteroatoms. The molecule has 2 aromatic carbocycles. The summed E-state index contributed by atoms with van der Waals surface area (Å²) in [5.41, 5.74) is 1.61. The number of benzene rings is 2. The number of thiazole rings is 1. The number of sulfonamides is 1. The van der Waals surface area contributed by atoms with E-state index in [9.17, 15) is 18.0 Å². The van der Waals surface area contributed by atoms with Crippen LogP contribution in [0.4, 0.5) is 11.4 Å². The molecule has 1 N–H and O–H groups in total. The van der Waals surface area contributed by atoms with E-state index >= 15 is 0 Å². The summed E-state index contributed by atoms with van der Waals surface area (Å²) in [5, 5.41) is 2.73. The maximum absolute atomic E-state index is 12.8. The van der Waals surface area contributed by atoms with Crippen LogP contribution in [0.25, 0.3) is 10.2 Å². The summed E-state index contributed by atoms with van der Waals surface area (Å²) in [4.78, 5) is 24.5. The number of aryl methyl sites for hydroxylation is 1. The van der Waals surface area contributed by atoms with Gasteiger partial charge in [-0.1, -0.05) is 11.3 Å². The van der Waals surface area contributed by atoms with Crippen molar-refractivity contribution in [3.63, 3.8) is 0 Å². The Morgan fingerprint density at radius 3 is 2.45 bits per heavy atom. The molecule has 0 saturated carbocycles. The zero-order chi connectivity index (χ0) is 21.3. The van der Waals surface area contributed by atoms with Gasteiger partial charge in [-0.3, -0.25) is 13.9 Å². The van der Waals surface area contributed by atoms with Crippen LogP contribution in [0.15, 0.2) is 47.3 Å². The molecule has 3 rings (SSSR count). The maximum Gasteiger partial charge on any atom is 0.307 e. The molecule has 0 aliphatic carbocycles. The lowest BCUT2D eigenvalue weighted by atomic mass is 10.2. The van der Waals surface area contributed by atoms with Crippen molar-refractivity contribution in [1.82, 2.24) is 4.57 Å². The van der Waals surface area contributed by atoms with Crippen LogP contribution in [0, 0.1) is 0 Å². The standard InChI is InChI=1S/C19H21N3O5S2/c1-12(22(29(4,25)26)14-6-8-15(27-3)9-7-14)18(23)20-13-5-10-16-17(11-13)28-19(24)21(16)2/h5-12H,1-4H3,(H,20,23)/t12-/m0/s1. The molecule has 3 aromatic rings. The second-order valence-corrected chi connectivity index (χ2v) is 9.38. The van der Waals surface area contributed by atoms with E-state index in [2.05, 4.69) is 5.32 Å². The molecule has 29 heavy (non-hydrogen) atoms. The van der Waals surface area contributed by atoms with Gasteiger partial charge in [-0.05, 0) is 49.4 Å². The Balaban J connectivity index is 1.88. The fraction of sp³-hybridized carbons (Fsp3) is 0.263. The van der Waals surface area contributed by atoms with Gasteiger partial charge in [0.2, 0.25) is 15.9 Å². The van der Waals surface area contributed by atoms with Crippen LogP contribution in [-0.4, -0.2) is 38.3 Å². The number of nitrogens with zero attached hydrogens (tertiary/aromatic N) is 2. The number of nitrogens with one attached hydrogen (secondary N) is 1. The van der Waals surface area contributed by atoms with Gasteiger partial charge in [0, 0.05) is 12.7 Å². The fourth-order valence-electron chi connectivity index (χ4n) is 3.00. The van der Waals surface area contributed by atoms with Crippen molar-refractivity contribution in [2.45, 2.75) is 13.0 Å². The predicted molar refractivity (Wildman–Crippen MR) is 115 cm³/mol. The topological polar surface area (TPSA) is 97.7 Å². The number of hydrogen-bond donors (Lipinski definition) is 1. The normalized spacial score (nSPS) is 12.6. The minimum Gasteiger partial charge on any atom is -0.497 e. The van der Waals surface area contributed by atoms with Gasteiger partial charge >= 0.3 is 4.87 Å². The lowest BCUT2D eigenvalue weighted by Gasteiger charge is -2.28. The Bertz CT molecular complexity index is 1210. The van der Waals surface area contributed by atoms with Gasteiger partial charge in [0.1, 0.15) is 11.8 Å². The van der Waals surface area contributed by atoms with Crippen LogP contribution in [0.1, 0.15) is 6.92 Å². The number of aromatic nitrogens is 1. The summed E-state index contributed by atoms with van der Waals surface area (Å²) in [6, 6.07) is 10.5. The molecule has 0 aliphatic rings. The zero-order valence-electron chi connectivity index (χ0n) is 16.4. The van der Waals surface area contributed by atoms with Crippen molar-refractivity contribution < 1.29 is 17.9 Å². The number of methoxy groups -OCH3 is 1. The van der Waals surface area contributed by atoms with Crippen molar-refractivity contribution >= 4 is 48.9 Å². The van der Waals surface area contributed by atoms with Crippen molar-refractivity contribution in [3.8, 4) is 5.75 Å². The summed E-state index contributed by atoms with van der Waals surface area (Å²) in [6.45, 7) is 1.51. The molecule has 1 atom stereocenters. The van der Waals surface area contributed by atoms with Crippen LogP contribution in [0.3, 0.4) is 0 Å². The minimum absolute atomic E-state index is 0.0976. The van der Waals surface area contributed by atoms with Crippen LogP contribution in [-0.2, 0) is 21.9 Å². The van der Waals surface area contributed by atoms with E-state index in [0.29, 0.717) is 17.1 Å². The minimum atomic E-state index is -3.72.